The van der Waals surface area contributed by atoms with Gasteiger partial charge in [0.2, 0.25) is 5.91 Å². The molecule has 1 fully saturated rings. The van der Waals surface area contributed by atoms with Gasteiger partial charge in [0.15, 0.2) is 16.3 Å². The number of halogens is 2. The SMILES string of the molecule is CCOc1ccc(CCC(=O)N2CCC(NC(=O)C(Cl)Cl)CC2)cc1OC. The molecule has 1 aliphatic heterocycles. The Labute approximate surface area is 170 Å². The van der Waals surface area contributed by atoms with E-state index in [-0.39, 0.29) is 17.9 Å². The molecule has 0 atom stereocenters. The third-order valence-corrected chi connectivity index (χ3v) is 4.94. The highest BCUT2D eigenvalue weighted by Crippen LogP contribution is 2.28. The van der Waals surface area contributed by atoms with Crippen LogP contribution in [0.15, 0.2) is 18.2 Å². The Morgan fingerprint density at radius 1 is 1.26 bits per heavy atom. The van der Waals surface area contributed by atoms with Crippen molar-refractivity contribution in [2.45, 2.75) is 43.5 Å². The summed E-state index contributed by atoms with van der Waals surface area (Å²) in [4.78, 5) is 24.8. The van der Waals surface area contributed by atoms with Crippen LogP contribution in [0.25, 0.3) is 0 Å². The topological polar surface area (TPSA) is 67.9 Å². The van der Waals surface area contributed by atoms with Crippen LogP contribution in [0, 0.1) is 0 Å². The third-order valence-electron chi connectivity index (χ3n) is 4.55. The first-order valence-electron chi connectivity index (χ1n) is 9.10. The predicted octanol–water partition coefficient (Wildman–Crippen LogP) is 2.94. The predicted molar refractivity (Wildman–Crippen MR) is 106 cm³/mol. The molecule has 0 aromatic heterocycles. The molecule has 6 nitrogen and oxygen atoms in total. The molecule has 0 unspecified atom stereocenters. The fourth-order valence-electron chi connectivity index (χ4n) is 3.09. The number of hydrogen-bond acceptors (Lipinski definition) is 4. The summed E-state index contributed by atoms with van der Waals surface area (Å²) in [7, 11) is 1.60. The zero-order valence-corrected chi connectivity index (χ0v) is 17.2. The lowest BCUT2D eigenvalue weighted by Crippen LogP contribution is -2.47. The number of nitrogens with zero attached hydrogens (tertiary/aromatic N) is 1. The maximum absolute atomic E-state index is 12.5. The fourth-order valence-corrected chi connectivity index (χ4v) is 3.22. The number of methoxy groups -OCH3 is 1. The summed E-state index contributed by atoms with van der Waals surface area (Å²) in [6, 6.07) is 5.75. The molecule has 0 aliphatic carbocycles. The minimum absolute atomic E-state index is 0.0110. The van der Waals surface area contributed by atoms with Gasteiger partial charge >= 0.3 is 0 Å². The van der Waals surface area contributed by atoms with Gasteiger partial charge in [-0.05, 0) is 43.9 Å². The van der Waals surface area contributed by atoms with Crippen molar-refractivity contribution >= 4 is 35.0 Å². The lowest BCUT2D eigenvalue weighted by atomic mass is 10.0. The van der Waals surface area contributed by atoms with E-state index in [1.807, 2.05) is 30.0 Å². The van der Waals surface area contributed by atoms with Gasteiger partial charge in [-0.3, -0.25) is 9.59 Å². The van der Waals surface area contributed by atoms with Gasteiger partial charge in [0.25, 0.3) is 5.91 Å². The normalized spacial score (nSPS) is 14.9. The molecule has 1 saturated heterocycles. The zero-order valence-electron chi connectivity index (χ0n) is 15.7. The molecular formula is C19H26Cl2N2O4. The van der Waals surface area contributed by atoms with Gasteiger partial charge in [-0.25, -0.2) is 0 Å². The fraction of sp³-hybridized carbons (Fsp3) is 0.579. The first-order valence-corrected chi connectivity index (χ1v) is 9.97. The van der Waals surface area contributed by atoms with Crippen LogP contribution in [0.5, 0.6) is 11.5 Å². The van der Waals surface area contributed by atoms with E-state index in [9.17, 15) is 9.59 Å². The number of amides is 2. The average Bonchev–Trinajstić information content (AvgIpc) is 2.67. The van der Waals surface area contributed by atoms with Gasteiger partial charge in [0.05, 0.1) is 13.7 Å². The lowest BCUT2D eigenvalue weighted by molar-refractivity contribution is -0.132. The van der Waals surface area contributed by atoms with Crippen molar-refractivity contribution in [3.8, 4) is 11.5 Å². The highest BCUT2D eigenvalue weighted by Gasteiger charge is 2.25. The highest BCUT2D eigenvalue weighted by atomic mass is 35.5. The monoisotopic (exact) mass is 416 g/mol. The first-order chi connectivity index (χ1) is 12.9. The lowest BCUT2D eigenvalue weighted by Gasteiger charge is -2.32. The molecule has 0 bridgehead atoms. The van der Waals surface area contributed by atoms with E-state index >= 15 is 0 Å². The Morgan fingerprint density at radius 3 is 2.56 bits per heavy atom. The van der Waals surface area contributed by atoms with Crippen molar-refractivity contribution in [1.82, 2.24) is 10.2 Å². The number of rotatable bonds is 8. The Morgan fingerprint density at radius 2 is 1.96 bits per heavy atom. The third kappa shape index (κ3) is 6.47. The Hall–Kier alpha value is -1.66. The second-order valence-corrected chi connectivity index (χ2v) is 7.48. The Bertz CT molecular complexity index is 647. The number of benzene rings is 1. The standard InChI is InChI=1S/C19H26Cl2N2O4/c1-3-27-15-6-4-13(12-16(15)26-2)5-7-17(24)23-10-8-14(9-11-23)22-19(25)18(20)21/h4,6,12,14,18H,3,5,7-11H2,1-2H3,(H,22,25). The van der Waals surface area contributed by atoms with Crippen molar-refractivity contribution in [1.29, 1.82) is 0 Å². The zero-order chi connectivity index (χ0) is 19.8. The summed E-state index contributed by atoms with van der Waals surface area (Å²) in [5.74, 6) is 1.11. The van der Waals surface area contributed by atoms with Gasteiger partial charge < -0.3 is 19.7 Å². The molecule has 150 valence electrons. The van der Waals surface area contributed by atoms with E-state index in [2.05, 4.69) is 5.32 Å². The molecule has 8 heteroatoms. The number of hydrogen-bond donors (Lipinski definition) is 1. The largest absolute Gasteiger partial charge is 0.493 e. The van der Waals surface area contributed by atoms with E-state index in [0.29, 0.717) is 56.9 Å². The van der Waals surface area contributed by atoms with Crippen LogP contribution in [0.3, 0.4) is 0 Å². The number of carbonyl (C=O) groups is 2. The van der Waals surface area contributed by atoms with Crippen molar-refractivity contribution in [2.24, 2.45) is 0 Å². The molecule has 0 spiro atoms. The second-order valence-electron chi connectivity index (χ2n) is 6.38. The van der Waals surface area contributed by atoms with Crippen LogP contribution in [0.4, 0.5) is 0 Å². The van der Waals surface area contributed by atoms with E-state index < -0.39 is 4.84 Å². The molecule has 0 radical (unpaired) electrons. The summed E-state index contributed by atoms with van der Waals surface area (Å²) >= 11 is 11.1. The number of aryl methyl sites for hydroxylation is 1. The Kier molecular flexibility index (Phi) is 8.51. The summed E-state index contributed by atoms with van der Waals surface area (Å²) in [5, 5.41) is 2.80. The van der Waals surface area contributed by atoms with E-state index in [1.165, 1.54) is 0 Å². The molecule has 1 N–H and O–H groups in total. The number of nitrogens with one attached hydrogen (secondary N) is 1. The van der Waals surface area contributed by atoms with Crippen LogP contribution >= 0.6 is 23.2 Å². The van der Waals surface area contributed by atoms with Gasteiger partial charge in [0.1, 0.15) is 0 Å². The van der Waals surface area contributed by atoms with Gasteiger partial charge in [-0.2, -0.15) is 0 Å². The summed E-state index contributed by atoms with van der Waals surface area (Å²) < 4.78 is 10.9. The van der Waals surface area contributed by atoms with E-state index in [1.54, 1.807) is 7.11 Å². The van der Waals surface area contributed by atoms with Crippen LogP contribution in [-0.2, 0) is 16.0 Å². The number of piperidine rings is 1. The number of alkyl halides is 2. The Balaban J connectivity index is 1.80. The van der Waals surface area contributed by atoms with Gasteiger partial charge in [0, 0.05) is 25.6 Å². The number of carbonyl (C=O) groups excluding carboxylic acids is 2. The maximum atomic E-state index is 12.5. The maximum Gasteiger partial charge on any atom is 0.253 e. The van der Waals surface area contributed by atoms with Gasteiger partial charge in [-0.1, -0.05) is 29.3 Å². The minimum Gasteiger partial charge on any atom is -0.493 e. The van der Waals surface area contributed by atoms with Crippen molar-refractivity contribution in [3.63, 3.8) is 0 Å². The molecule has 2 rings (SSSR count). The molecule has 1 aromatic rings. The quantitative estimate of drug-likeness (QED) is 0.661. The summed E-state index contributed by atoms with van der Waals surface area (Å²) in [5.41, 5.74) is 1.03. The van der Waals surface area contributed by atoms with Crippen LogP contribution in [0.1, 0.15) is 31.7 Å². The van der Waals surface area contributed by atoms with Crippen LogP contribution in [0.2, 0.25) is 0 Å². The van der Waals surface area contributed by atoms with Crippen molar-refractivity contribution < 1.29 is 19.1 Å². The minimum atomic E-state index is -1.06. The molecule has 1 aliphatic rings. The highest BCUT2D eigenvalue weighted by molar-refractivity contribution is 6.53. The molecule has 0 saturated carbocycles. The van der Waals surface area contributed by atoms with Crippen LogP contribution in [-0.4, -0.2) is 54.4 Å². The van der Waals surface area contributed by atoms with Crippen LogP contribution < -0.4 is 14.8 Å². The van der Waals surface area contributed by atoms with Crippen molar-refractivity contribution in [2.75, 3.05) is 26.8 Å². The first kappa shape index (κ1) is 21.6. The van der Waals surface area contributed by atoms with E-state index in [0.717, 1.165) is 5.56 Å². The molecule has 1 aromatic carbocycles. The van der Waals surface area contributed by atoms with E-state index in [4.69, 9.17) is 32.7 Å². The van der Waals surface area contributed by atoms with Crippen molar-refractivity contribution in [3.05, 3.63) is 23.8 Å². The van der Waals surface area contributed by atoms with Gasteiger partial charge in [-0.15, -0.1) is 0 Å². The molecule has 2 amide bonds. The molecule has 1 heterocycles. The summed E-state index contributed by atoms with van der Waals surface area (Å²) in [6.07, 6.45) is 2.47. The molecular weight excluding hydrogens is 391 g/mol. The molecule has 27 heavy (non-hydrogen) atoms. The summed E-state index contributed by atoms with van der Waals surface area (Å²) in [6.45, 7) is 3.72. The number of likely N-dealkylation sites (tertiary alicyclic amines) is 1. The second kappa shape index (κ2) is 10.6. The smallest absolute Gasteiger partial charge is 0.253 e. The number of ether oxygens (including phenoxy) is 2. The average molecular weight is 417 g/mol.